The second-order valence-electron chi connectivity index (χ2n) is 3.64. The van der Waals surface area contributed by atoms with Crippen LogP contribution in [0.25, 0.3) is 0 Å². The Morgan fingerprint density at radius 2 is 1.62 bits per heavy atom. The maximum Gasteiger partial charge on any atom is 0.324 e. The summed E-state index contributed by atoms with van der Waals surface area (Å²) in [4.78, 5) is 11.8. The molecule has 0 amide bonds. The predicted molar refractivity (Wildman–Crippen MR) is 80.6 cm³/mol. The molecule has 0 saturated heterocycles. The van der Waals surface area contributed by atoms with Gasteiger partial charge in [-0.1, -0.05) is 29.3 Å². The molecule has 0 saturated carbocycles. The van der Waals surface area contributed by atoms with Crippen molar-refractivity contribution in [3.8, 4) is 12.0 Å². The highest BCUT2D eigenvalue weighted by Crippen LogP contribution is 2.22. The van der Waals surface area contributed by atoms with Crippen molar-refractivity contribution in [2.24, 2.45) is 5.10 Å². The second kappa shape index (κ2) is 7.05. The zero-order valence-corrected chi connectivity index (χ0v) is 12.7. The summed E-state index contributed by atoms with van der Waals surface area (Å²) in [5.74, 6) is 0.165. The molecular formula is C12H11Cl2N5O2. The first-order valence-corrected chi connectivity index (χ1v) is 6.46. The largest absolute Gasteiger partial charge is 0.467 e. The van der Waals surface area contributed by atoms with Gasteiger partial charge >= 0.3 is 12.0 Å². The molecule has 1 N–H and O–H groups in total. The highest BCUT2D eigenvalue weighted by atomic mass is 35.5. The third-order valence-corrected chi connectivity index (χ3v) is 2.98. The molecule has 1 aromatic carbocycles. The van der Waals surface area contributed by atoms with E-state index in [1.807, 2.05) is 0 Å². The number of rotatable bonds is 5. The molecule has 0 radical (unpaired) electrons. The molecule has 1 aromatic heterocycles. The highest BCUT2D eigenvalue weighted by molar-refractivity contribution is 6.38. The van der Waals surface area contributed by atoms with Gasteiger partial charge in [-0.05, 0) is 12.1 Å². The number of nitrogens with zero attached hydrogens (tertiary/aromatic N) is 4. The van der Waals surface area contributed by atoms with Gasteiger partial charge in [-0.15, -0.1) is 4.98 Å². The number of hydrazone groups is 1. The number of benzene rings is 1. The first-order valence-electron chi connectivity index (χ1n) is 5.71. The topological polar surface area (TPSA) is 81.5 Å². The molecule has 2 aromatic rings. The Bertz CT molecular complexity index is 624. The number of hydrogen-bond donors (Lipinski definition) is 1. The van der Waals surface area contributed by atoms with E-state index in [1.165, 1.54) is 20.4 Å². The summed E-state index contributed by atoms with van der Waals surface area (Å²) >= 11 is 12.0. The Hall–Kier alpha value is -2.12. The van der Waals surface area contributed by atoms with Crippen molar-refractivity contribution >= 4 is 35.4 Å². The van der Waals surface area contributed by atoms with Crippen molar-refractivity contribution in [3.63, 3.8) is 0 Å². The summed E-state index contributed by atoms with van der Waals surface area (Å²) in [6, 6.07) is 5.38. The minimum atomic E-state index is 0.107. The molecule has 0 aliphatic carbocycles. The van der Waals surface area contributed by atoms with Gasteiger partial charge in [0.05, 0.1) is 30.5 Å². The third kappa shape index (κ3) is 3.93. The Morgan fingerprint density at radius 3 is 2.14 bits per heavy atom. The van der Waals surface area contributed by atoms with Crippen molar-refractivity contribution in [2.75, 3.05) is 19.6 Å². The van der Waals surface area contributed by atoms with E-state index in [4.69, 9.17) is 32.7 Å². The molecule has 21 heavy (non-hydrogen) atoms. The van der Waals surface area contributed by atoms with Gasteiger partial charge in [0.1, 0.15) is 0 Å². The molecule has 0 atom stereocenters. The number of ether oxygens (including phenoxy) is 2. The molecule has 9 heteroatoms. The van der Waals surface area contributed by atoms with Crippen LogP contribution in [0.4, 0.5) is 5.95 Å². The average molecular weight is 328 g/mol. The number of aromatic nitrogens is 3. The zero-order chi connectivity index (χ0) is 15.2. The van der Waals surface area contributed by atoms with Crippen LogP contribution in [-0.4, -0.2) is 35.4 Å². The van der Waals surface area contributed by atoms with Gasteiger partial charge in [-0.2, -0.15) is 15.1 Å². The lowest BCUT2D eigenvalue weighted by molar-refractivity contribution is 0.341. The molecule has 0 bridgehead atoms. The maximum atomic E-state index is 6.02. The first-order chi connectivity index (χ1) is 10.1. The molecule has 1 heterocycles. The minimum Gasteiger partial charge on any atom is -0.467 e. The van der Waals surface area contributed by atoms with Gasteiger partial charge in [0.2, 0.25) is 0 Å². The minimum absolute atomic E-state index is 0.107. The van der Waals surface area contributed by atoms with Gasteiger partial charge in [0.25, 0.3) is 5.95 Å². The fourth-order valence-corrected chi connectivity index (χ4v) is 1.85. The number of nitrogens with one attached hydrogen (secondary N) is 1. The number of hydrogen-bond acceptors (Lipinski definition) is 7. The van der Waals surface area contributed by atoms with E-state index >= 15 is 0 Å². The van der Waals surface area contributed by atoms with Gasteiger partial charge in [0, 0.05) is 5.56 Å². The normalized spacial score (nSPS) is 10.7. The van der Waals surface area contributed by atoms with Gasteiger partial charge in [0.15, 0.2) is 0 Å². The monoisotopic (exact) mass is 327 g/mol. The fourth-order valence-electron chi connectivity index (χ4n) is 1.36. The van der Waals surface area contributed by atoms with Crippen LogP contribution in [0.2, 0.25) is 10.0 Å². The summed E-state index contributed by atoms with van der Waals surface area (Å²) < 4.78 is 9.85. The smallest absolute Gasteiger partial charge is 0.324 e. The third-order valence-electron chi connectivity index (χ3n) is 2.32. The van der Waals surface area contributed by atoms with Crippen LogP contribution in [-0.2, 0) is 0 Å². The van der Waals surface area contributed by atoms with Gasteiger partial charge in [-0.3, -0.25) is 0 Å². The molecular weight excluding hydrogens is 317 g/mol. The predicted octanol–water partition coefficient (Wildman–Crippen LogP) is 2.64. The second-order valence-corrected chi connectivity index (χ2v) is 4.45. The van der Waals surface area contributed by atoms with E-state index in [1.54, 1.807) is 18.2 Å². The molecule has 2 rings (SSSR count). The lowest BCUT2D eigenvalue weighted by Crippen LogP contribution is -2.03. The highest BCUT2D eigenvalue weighted by Gasteiger charge is 2.06. The summed E-state index contributed by atoms with van der Waals surface area (Å²) in [7, 11) is 2.87. The van der Waals surface area contributed by atoms with Crippen LogP contribution in [0.1, 0.15) is 5.56 Å². The van der Waals surface area contributed by atoms with Crippen molar-refractivity contribution in [2.45, 2.75) is 0 Å². The molecule has 0 aliphatic heterocycles. The molecule has 0 aliphatic rings. The number of methoxy groups -OCH3 is 2. The van der Waals surface area contributed by atoms with Gasteiger partial charge in [-0.25, -0.2) is 5.43 Å². The summed E-state index contributed by atoms with van der Waals surface area (Å²) in [5, 5.41) is 4.95. The van der Waals surface area contributed by atoms with Crippen molar-refractivity contribution in [3.05, 3.63) is 33.8 Å². The van der Waals surface area contributed by atoms with Crippen LogP contribution in [0.3, 0.4) is 0 Å². The summed E-state index contributed by atoms with van der Waals surface area (Å²) in [6.45, 7) is 0. The van der Waals surface area contributed by atoms with Crippen LogP contribution >= 0.6 is 23.2 Å². The van der Waals surface area contributed by atoms with E-state index in [0.717, 1.165) is 0 Å². The standard InChI is InChI=1S/C12H11Cl2N5O2/c1-20-11-16-10(17-12(18-11)21-2)19-15-6-7-8(13)4-3-5-9(7)14/h3-6H,1-2H3,(H,16,17,18,19)/b15-6-. The van der Waals surface area contributed by atoms with E-state index in [0.29, 0.717) is 15.6 Å². The lowest BCUT2D eigenvalue weighted by Gasteiger charge is -2.04. The van der Waals surface area contributed by atoms with Crippen LogP contribution in [0, 0.1) is 0 Å². The molecule has 0 spiro atoms. The Morgan fingerprint density at radius 1 is 1.05 bits per heavy atom. The van der Waals surface area contributed by atoms with Gasteiger partial charge < -0.3 is 9.47 Å². The molecule has 7 nitrogen and oxygen atoms in total. The average Bonchev–Trinajstić information content (AvgIpc) is 2.49. The van der Waals surface area contributed by atoms with Crippen molar-refractivity contribution in [1.82, 2.24) is 15.0 Å². The van der Waals surface area contributed by atoms with E-state index < -0.39 is 0 Å². The zero-order valence-electron chi connectivity index (χ0n) is 11.2. The Kier molecular flexibility index (Phi) is 5.13. The van der Waals surface area contributed by atoms with Crippen LogP contribution in [0.15, 0.2) is 23.3 Å². The summed E-state index contributed by atoms with van der Waals surface area (Å²) in [6.07, 6.45) is 1.47. The summed E-state index contributed by atoms with van der Waals surface area (Å²) in [5.41, 5.74) is 3.21. The van der Waals surface area contributed by atoms with Crippen molar-refractivity contribution in [1.29, 1.82) is 0 Å². The Labute approximate surface area is 130 Å². The number of anilines is 1. The Balaban J connectivity index is 2.17. The molecule has 110 valence electrons. The maximum absolute atomic E-state index is 6.02. The lowest BCUT2D eigenvalue weighted by atomic mass is 10.2. The first kappa shape index (κ1) is 15.3. The fraction of sp³-hybridized carbons (Fsp3) is 0.167. The van der Waals surface area contributed by atoms with E-state index in [9.17, 15) is 0 Å². The van der Waals surface area contributed by atoms with Crippen molar-refractivity contribution < 1.29 is 9.47 Å². The molecule has 0 unspecified atom stereocenters. The molecule has 0 fully saturated rings. The van der Waals surface area contributed by atoms with Crippen LogP contribution in [0.5, 0.6) is 12.0 Å². The SMILES string of the molecule is COc1nc(N/N=C\c2c(Cl)cccc2Cl)nc(OC)n1. The van der Waals surface area contributed by atoms with E-state index in [2.05, 4.69) is 25.5 Å². The quantitative estimate of drug-likeness (QED) is 0.671. The van der Waals surface area contributed by atoms with Crippen LogP contribution < -0.4 is 14.9 Å². The van der Waals surface area contributed by atoms with E-state index in [-0.39, 0.29) is 18.0 Å². The number of halogens is 2.